The maximum atomic E-state index is 13.7. The molecule has 0 unspecified atom stereocenters. The summed E-state index contributed by atoms with van der Waals surface area (Å²) in [6.45, 7) is 5.72. The number of halogens is 1. The van der Waals surface area contributed by atoms with Crippen molar-refractivity contribution in [3.8, 4) is 5.69 Å². The Kier molecular flexibility index (Phi) is 6.63. The standard InChI is InChI=1S/C27H25ClN2O5/c1-4-35-26(34)18-7-5-6-8-21(18)29-24(32)23-19-13-27(2,3)14-22(31)20(19)15-30(25(23)33)17-11-9-16(28)10-12-17/h5-12,15H,4,13-14H2,1-3H3,(H,29,32). The summed E-state index contributed by atoms with van der Waals surface area (Å²) in [4.78, 5) is 52.7. The molecule has 0 atom stereocenters. The SMILES string of the molecule is CCOC(=O)c1ccccc1NC(=O)c1c2c(cn(-c3ccc(Cl)cc3)c1=O)C(=O)CC(C)(C)C2. The van der Waals surface area contributed by atoms with Crippen molar-refractivity contribution < 1.29 is 19.1 Å². The Morgan fingerprint density at radius 3 is 2.43 bits per heavy atom. The lowest BCUT2D eigenvalue weighted by atomic mass is 9.73. The van der Waals surface area contributed by atoms with Crippen molar-refractivity contribution in [2.45, 2.75) is 33.6 Å². The van der Waals surface area contributed by atoms with E-state index in [0.717, 1.165) is 0 Å². The van der Waals surface area contributed by atoms with Gasteiger partial charge in [-0.15, -0.1) is 0 Å². The minimum absolute atomic E-state index is 0.128. The van der Waals surface area contributed by atoms with E-state index in [1.165, 1.54) is 16.8 Å². The quantitative estimate of drug-likeness (QED) is 0.501. The van der Waals surface area contributed by atoms with E-state index in [1.807, 2.05) is 13.8 Å². The summed E-state index contributed by atoms with van der Waals surface area (Å²) in [5.41, 5.74) is 0.492. The second kappa shape index (κ2) is 9.50. The Labute approximate surface area is 207 Å². The van der Waals surface area contributed by atoms with Gasteiger partial charge in [-0.05, 0) is 60.7 Å². The van der Waals surface area contributed by atoms with Gasteiger partial charge in [-0.2, -0.15) is 0 Å². The number of hydrogen-bond donors (Lipinski definition) is 1. The summed E-state index contributed by atoms with van der Waals surface area (Å²) in [5, 5.41) is 3.19. The van der Waals surface area contributed by atoms with Gasteiger partial charge in [-0.25, -0.2) is 4.79 Å². The molecule has 1 aromatic heterocycles. The Morgan fingerprint density at radius 2 is 1.74 bits per heavy atom. The fourth-order valence-corrected chi connectivity index (χ4v) is 4.46. The number of Topliss-reactive ketones (excluding diaryl/α,β-unsaturated/α-hetero) is 1. The first-order chi connectivity index (χ1) is 16.6. The fourth-order valence-electron chi connectivity index (χ4n) is 4.34. The highest BCUT2D eigenvalue weighted by Crippen LogP contribution is 2.36. The van der Waals surface area contributed by atoms with E-state index in [-0.39, 0.29) is 29.2 Å². The summed E-state index contributed by atoms with van der Waals surface area (Å²) in [5.74, 6) is -1.43. The summed E-state index contributed by atoms with van der Waals surface area (Å²) < 4.78 is 6.38. The number of esters is 1. The zero-order valence-electron chi connectivity index (χ0n) is 19.7. The molecule has 1 N–H and O–H groups in total. The number of hydrogen-bond acceptors (Lipinski definition) is 5. The lowest BCUT2D eigenvalue weighted by molar-refractivity contribution is 0.0527. The van der Waals surface area contributed by atoms with Crippen LogP contribution in [0.1, 0.15) is 63.8 Å². The third-order valence-corrected chi connectivity index (χ3v) is 6.17. The Morgan fingerprint density at radius 1 is 1.06 bits per heavy atom. The van der Waals surface area contributed by atoms with E-state index < -0.39 is 22.9 Å². The van der Waals surface area contributed by atoms with E-state index in [4.69, 9.17) is 16.3 Å². The molecule has 4 rings (SSSR count). The van der Waals surface area contributed by atoms with Gasteiger partial charge in [-0.1, -0.05) is 37.6 Å². The molecular weight excluding hydrogens is 468 g/mol. The number of fused-ring (bicyclic) bond motifs is 1. The number of aromatic nitrogens is 1. The van der Waals surface area contributed by atoms with E-state index in [9.17, 15) is 19.2 Å². The van der Waals surface area contributed by atoms with Crippen molar-refractivity contribution in [1.82, 2.24) is 4.57 Å². The van der Waals surface area contributed by atoms with Gasteiger partial charge in [0.25, 0.3) is 11.5 Å². The molecule has 0 fully saturated rings. The van der Waals surface area contributed by atoms with Crippen molar-refractivity contribution in [2.24, 2.45) is 5.41 Å². The zero-order chi connectivity index (χ0) is 25.3. The van der Waals surface area contributed by atoms with Gasteiger partial charge in [0.2, 0.25) is 0 Å². The first-order valence-corrected chi connectivity index (χ1v) is 11.6. The van der Waals surface area contributed by atoms with Crippen molar-refractivity contribution >= 4 is 34.9 Å². The second-order valence-electron chi connectivity index (χ2n) is 9.21. The van der Waals surface area contributed by atoms with Crippen molar-refractivity contribution in [3.05, 3.63) is 92.4 Å². The maximum Gasteiger partial charge on any atom is 0.340 e. The van der Waals surface area contributed by atoms with Crippen LogP contribution in [0.3, 0.4) is 0 Å². The van der Waals surface area contributed by atoms with Crippen LogP contribution in [-0.2, 0) is 11.2 Å². The van der Waals surface area contributed by atoms with Gasteiger partial charge >= 0.3 is 5.97 Å². The van der Waals surface area contributed by atoms with Crippen LogP contribution in [0.2, 0.25) is 5.02 Å². The summed E-state index contributed by atoms with van der Waals surface area (Å²) >= 11 is 6.00. The number of nitrogens with one attached hydrogen (secondary N) is 1. The first-order valence-electron chi connectivity index (χ1n) is 11.3. The molecule has 1 heterocycles. The molecule has 0 bridgehead atoms. The van der Waals surface area contributed by atoms with Crippen molar-refractivity contribution in [2.75, 3.05) is 11.9 Å². The fraction of sp³-hybridized carbons (Fsp3) is 0.259. The molecule has 0 saturated carbocycles. The molecule has 1 aliphatic carbocycles. The second-order valence-corrected chi connectivity index (χ2v) is 9.65. The lowest BCUT2D eigenvalue weighted by Gasteiger charge is -2.31. The van der Waals surface area contributed by atoms with Gasteiger partial charge in [0.1, 0.15) is 5.56 Å². The molecule has 0 aliphatic heterocycles. The number of anilines is 1. The van der Waals surface area contributed by atoms with Gasteiger partial charge < -0.3 is 10.1 Å². The van der Waals surface area contributed by atoms with Crippen molar-refractivity contribution in [1.29, 1.82) is 0 Å². The minimum Gasteiger partial charge on any atom is -0.462 e. The Balaban J connectivity index is 1.87. The number of ketones is 1. The highest BCUT2D eigenvalue weighted by molar-refractivity contribution is 6.30. The molecule has 1 amide bonds. The average Bonchev–Trinajstić information content (AvgIpc) is 2.79. The minimum atomic E-state index is -0.697. The average molecular weight is 493 g/mol. The number of pyridine rings is 1. The zero-order valence-corrected chi connectivity index (χ0v) is 20.4. The number of nitrogens with zero attached hydrogens (tertiary/aromatic N) is 1. The van der Waals surface area contributed by atoms with Gasteiger partial charge in [0.15, 0.2) is 5.78 Å². The molecule has 7 nitrogen and oxygen atoms in total. The third kappa shape index (κ3) is 4.91. The van der Waals surface area contributed by atoms with Gasteiger partial charge in [0, 0.05) is 28.9 Å². The molecule has 0 radical (unpaired) electrons. The third-order valence-electron chi connectivity index (χ3n) is 5.92. The molecule has 8 heteroatoms. The molecule has 2 aromatic carbocycles. The van der Waals surface area contributed by atoms with E-state index in [0.29, 0.717) is 34.7 Å². The summed E-state index contributed by atoms with van der Waals surface area (Å²) in [6.07, 6.45) is 2.18. The highest BCUT2D eigenvalue weighted by Gasteiger charge is 2.36. The molecule has 35 heavy (non-hydrogen) atoms. The van der Waals surface area contributed by atoms with Crippen molar-refractivity contribution in [3.63, 3.8) is 0 Å². The number of ether oxygens (including phenoxy) is 1. The van der Waals surface area contributed by atoms with Crippen LogP contribution in [0.4, 0.5) is 5.69 Å². The molecule has 180 valence electrons. The van der Waals surface area contributed by atoms with Crippen LogP contribution in [-0.4, -0.2) is 28.8 Å². The number of carbonyl (C=O) groups is 3. The lowest BCUT2D eigenvalue weighted by Crippen LogP contribution is -2.37. The van der Waals surface area contributed by atoms with Crippen LogP contribution < -0.4 is 10.9 Å². The number of benzene rings is 2. The molecule has 0 saturated heterocycles. The van der Waals surface area contributed by atoms with Gasteiger partial charge in [-0.3, -0.25) is 19.0 Å². The predicted octanol–water partition coefficient (Wildman–Crippen LogP) is 5.08. The van der Waals surface area contributed by atoms with Crippen LogP contribution in [0.15, 0.2) is 59.5 Å². The first kappa shape index (κ1) is 24.4. The number of amides is 1. The highest BCUT2D eigenvalue weighted by atomic mass is 35.5. The van der Waals surface area contributed by atoms with E-state index >= 15 is 0 Å². The topological polar surface area (TPSA) is 94.5 Å². The van der Waals surface area contributed by atoms with Crippen LogP contribution >= 0.6 is 11.6 Å². The van der Waals surface area contributed by atoms with Gasteiger partial charge in [0.05, 0.1) is 17.9 Å². The number of rotatable bonds is 5. The molecular formula is C27H25ClN2O5. The number of para-hydroxylation sites is 1. The Bertz CT molecular complexity index is 1390. The van der Waals surface area contributed by atoms with Crippen LogP contribution in [0, 0.1) is 5.41 Å². The summed E-state index contributed by atoms with van der Waals surface area (Å²) in [6, 6.07) is 13.0. The van der Waals surface area contributed by atoms with Crippen LogP contribution in [0.25, 0.3) is 5.69 Å². The molecule has 0 spiro atoms. The maximum absolute atomic E-state index is 13.7. The normalized spacial score (nSPS) is 14.2. The largest absolute Gasteiger partial charge is 0.462 e. The van der Waals surface area contributed by atoms with E-state index in [1.54, 1.807) is 49.4 Å². The molecule has 1 aliphatic rings. The Hall–Kier alpha value is -3.71. The smallest absolute Gasteiger partial charge is 0.340 e. The monoisotopic (exact) mass is 492 g/mol. The molecule has 3 aromatic rings. The van der Waals surface area contributed by atoms with E-state index in [2.05, 4.69) is 5.32 Å². The summed E-state index contributed by atoms with van der Waals surface area (Å²) in [7, 11) is 0. The predicted molar refractivity (Wildman–Crippen MR) is 134 cm³/mol. The number of carbonyl (C=O) groups excluding carboxylic acids is 3. The van der Waals surface area contributed by atoms with Crippen LogP contribution in [0.5, 0.6) is 0 Å².